The molecule has 5 nitrogen and oxygen atoms in total. The van der Waals surface area contributed by atoms with E-state index in [1.54, 1.807) is 30.0 Å². The zero-order valence-electron chi connectivity index (χ0n) is 14.5. The van der Waals surface area contributed by atoms with Gasteiger partial charge in [-0.3, -0.25) is 4.79 Å². The van der Waals surface area contributed by atoms with Crippen LogP contribution in [0.5, 0.6) is 5.75 Å². The lowest BCUT2D eigenvalue weighted by Crippen LogP contribution is -2.15. The Morgan fingerprint density at radius 1 is 1.17 bits per heavy atom. The second-order valence-corrected chi connectivity index (χ2v) is 6.29. The topological polar surface area (TPSA) is 57.5 Å². The summed E-state index contributed by atoms with van der Waals surface area (Å²) < 4.78 is 12.3. The summed E-state index contributed by atoms with van der Waals surface area (Å²) in [6, 6.07) is 7.04. The van der Waals surface area contributed by atoms with Crippen LogP contribution in [0.25, 0.3) is 0 Å². The van der Waals surface area contributed by atoms with Gasteiger partial charge in [0.25, 0.3) is 0 Å². The molecule has 2 aromatic rings. The van der Waals surface area contributed by atoms with Crippen LogP contribution >= 0.6 is 11.8 Å². The lowest BCUT2D eigenvalue weighted by atomic mass is 10.1. The first-order valence-corrected chi connectivity index (χ1v) is 8.66. The number of hydrogen-bond donors (Lipinski definition) is 0. The highest BCUT2D eigenvalue weighted by molar-refractivity contribution is 7.98. The summed E-state index contributed by atoms with van der Waals surface area (Å²) in [5.41, 5.74) is 2.73. The van der Waals surface area contributed by atoms with Gasteiger partial charge >= 0.3 is 5.97 Å². The minimum atomic E-state index is -0.571. The highest BCUT2D eigenvalue weighted by atomic mass is 32.2. The van der Waals surface area contributed by atoms with Crippen molar-refractivity contribution in [3.63, 3.8) is 0 Å². The summed E-state index contributed by atoms with van der Waals surface area (Å²) in [6.07, 6.45) is 1.94. The van der Waals surface area contributed by atoms with Crippen molar-refractivity contribution < 1.29 is 19.1 Å². The Balaban J connectivity index is 2.10. The molecule has 128 valence electrons. The van der Waals surface area contributed by atoms with E-state index in [9.17, 15) is 9.59 Å². The zero-order chi connectivity index (χ0) is 17.9. The highest BCUT2D eigenvalue weighted by Gasteiger charge is 2.19. The van der Waals surface area contributed by atoms with Gasteiger partial charge in [0.05, 0.1) is 7.11 Å². The monoisotopic (exact) mass is 347 g/mol. The maximum atomic E-state index is 12.3. The van der Waals surface area contributed by atoms with Crippen molar-refractivity contribution in [3.8, 4) is 5.75 Å². The fraction of sp³-hybridized carbons (Fsp3) is 0.333. The molecule has 0 saturated carbocycles. The molecule has 0 spiro atoms. The number of ether oxygens (including phenoxy) is 2. The summed E-state index contributed by atoms with van der Waals surface area (Å²) in [6.45, 7) is 3.50. The van der Waals surface area contributed by atoms with Gasteiger partial charge in [-0.2, -0.15) is 0 Å². The third-order valence-corrected chi connectivity index (χ3v) is 4.76. The van der Waals surface area contributed by atoms with E-state index in [4.69, 9.17) is 9.47 Å². The number of esters is 1. The molecule has 0 radical (unpaired) electrons. The second kappa shape index (κ2) is 7.57. The smallest absolute Gasteiger partial charge is 0.342 e. The minimum absolute atomic E-state index is 0.218. The predicted octanol–water partition coefficient (Wildman–Crippen LogP) is 3.41. The number of carbonyl (C=O) groups is 2. The number of aryl methyl sites for hydroxylation is 1. The average Bonchev–Trinajstić information content (AvgIpc) is 2.86. The van der Waals surface area contributed by atoms with Gasteiger partial charge in [0.1, 0.15) is 11.3 Å². The van der Waals surface area contributed by atoms with Gasteiger partial charge in [0.15, 0.2) is 6.61 Å². The number of nitrogens with zero attached hydrogens (tertiary/aromatic N) is 1. The van der Waals surface area contributed by atoms with Crippen LogP contribution < -0.4 is 4.74 Å². The fourth-order valence-corrected chi connectivity index (χ4v) is 2.82. The number of thioether (sulfide) groups is 1. The first-order chi connectivity index (χ1) is 11.4. The summed E-state index contributed by atoms with van der Waals surface area (Å²) in [7, 11) is 3.39. The van der Waals surface area contributed by atoms with E-state index in [1.165, 1.54) is 7.11 Å². The van der Waals surface area contributed by atoms with E-state index in [-0.39, 0.29) is 12.4 Å². The predicted molar refractivity (Wildman–Crippen MR) is 94.3 cm³/mol. The molecule has 0 unspecified atom stereocenters. The summed E-state index contributed by atoms with van der Waals surface area (Å²) in [5.74, 6) is -0.353. The molecule has 1 aromatic heterocycles. The maximum Gasteiger partial charge on any atom is 0.342 e. The van der Waals surface area contributed by atoms with Crippen LogP contribution in [0, 0.1) is 13.8 Å². The standard InChI is InChI=1S/C18H21NO4S/c1-11-8-15(12(2)19(11)3)16(20)10-23-18(21)14-7-6-13(24-5)9-17(14)22-4/h6-9H,10H2,1-5H3. The molecule has 0 bridgehead atoms. The van der Waals surface area contributed by atoms with Gasteiger partial charge in [-0.15, -0.1) is 11.8 Å². The molecule has 0 aliphatic rings. The first-order valence-electron chi connectivity index (χ1n) is 7.44. The van der Waals surface area contributed by atoms with Crippen LogP contribution in [0.3, 0.4) is 0 Å². The van der Waals surface area contributed by atoms with Crippen LogP contribution in [0.4, 0.5) is 0 Å². The van der Waals surface area contributed by atoms with Crippen LogP contribution in [0.2, 0.25) is 0 Å². The van der Waals surface area contributed by atoms with Gasteiger partial charge in [0.2, 0.25) is 5.78 Å². The van der Waals surface area contributed by atoms with Gasteiger partial charge in [-0.25, -0.2) is 4.79 Å². The minimum Gasteiger partial charge on any atom is -0.496 e. The maximum absolute atomic E-state index is 12.3. The number of rotatable bonds is 6. The molecule has 0 aliphatic carbocycles. The Labute approximate surface area is 146 Å². The molecule has 0 fully saturated rings. The molecule has 0 aliphatic heterocycles. The van der Waals surface area contributed by atoms with E-state index in [0.717, 1.165) is 16.3 Å². The molecule has 0 saturated heterocycles. The zero-order valence-corrected chi connectivity index (χ0v) is 15.3. The van der Waals surface area contributed by atoms with Crippen molar-refractivity contribution in [3.05, 3.63) is 46.8 Å². The Bertz CT molecular complexity index is 780. The summed E-state index contributed by atoms with van der Waals surface area (Å²) in [4.78, 5) is 25.5. The van der Waals surface area contributed by atoms with Crippen LogP contribution in [-0.2, 0) is 11.8 Å². The number of aromatic nitrogens is 1. The normalized spacial score (nSPS) is 10.5. The molecule has 1 heterocycles. The van der Waals surface area contributed by atoms with Crippen LogP contribution in [-0.4, -0.2) is 36.3 Å². The number of Topliss-reactive ketones (excluding diaryl/α,β-unsaturated/α-hetero) is 1. The average molecular weight is 347 g/mol. The van der Waals surface area contributed by atoms with Gasteiger partial charge in [0, 0.05) is 28.9 Å². The Morgan fingerprint density at radius 2 is 1.88 bits per heavy atom. The van der Waals surface area contributed by atoms with Crippen molar-refractivity contribution in [1.29, 1.82) is 0 Å². The highest BCUT2D eigenvalue weighted by Crippen LogP contribution is 2.26. The number of methoxy groups -OCH3 is 1. The van der Waals surface area contributed by atoms with E-state index in [1.807, 2.05) is 37.8 Å². The molecule has 24 heavy (non-hydrogen) atoms. The molecule has 0 amide bonds. The molecule has 0 atom stereocenters. The molecular weight excluding hydrogens is 326 g/mol. The van der Waals surface area contributed by atoms with Crippen molar-refractivity contribution in [2.24, 2.45) is 7.05 Å². The molecule has 1 aromatic carbocycles. The quantitative estimate of drug-likeness (QED) is 0.455. The third-order valence-electron chi connectivity index (χ3n) is 4.04. The number of hydrogen-bond acceptors (Lipinski definition) is 5. The van der Waals surface area contributed by atoms with Crippen LogP contribution in [0.15, 0.2) is 29.2 Å². The van der Waals surface area contributed by atoms with Gasteiger partial charge < -0.3 is 14.0 Å². The van der Waals surface area contributed by atoms with E-state index >= 15 is 0 Å². The van der Waals surface area contributed by atoms with Gasteiger partial charge in [-0.05, 0) is 44.4 Å². The third kappa shape index (κ3) is 3.64. The molecule has 2 rings (SSSR count). The number of ketones is 1. The van der Waals surface area contributed by atoms with Gasteiger partial charge in [-0.1, -0.05) is 0 Å². The second-order valence-electron chi connectivity index (χ2n) is 5.41. The van der Waals surface area contributed by atoms with E-state index in [0.29, 0.717) is 16.9 Å². The first kappa shape index (κ1) is 18.1. The summed E-state index contributed by atoms with van der Waals surface area (Å²) in [5, 5.41) is 0. The van der Waals surface area contributed by atoms with E-state index < -0.39 is 5.97 Å². The lowest BCUT2D eigenvalue weighted by Gasteiger charge is -2.10. The van der Waals surface area contributed by atoms with Crippen molar-refractivity contribution in [2.75, 3.05) is 20.0 Å². The largest absolute Gasteiger partial charge is 0.496 e. The molecule has 0 N–H and O–H groups in total. The Hall–Kier alpha value is -2.21. The number of carbonyl (C=O) groups excluding carboxylic acids is 2. The van der Waals surface area contributed by atoms with Crippen molar-refractivity contribution >= 4 is 23.5 Å². The lowest BCUT2D eigenvalue weighted by molar-refractivity contribution is 0.0471. The van der Waals surface area contributed by atoms with Crippen molar-refractivity contribution in [1.82, 2.24) is 4.57 Å². The summed E-state index contributed by atoms with van der Waals surface area (Å²) >= 11 is 1.55. The number of benzene rings is 1. The Kier molecular flexibility index (Phi) is 5.72. The SMILES string of the molecule is COc1cc(SC)ccc1C(=O)OCC(=O)c1cc(C)n(C)c1C. The van der Waals surface area contributed by atoms with Crippen LogP contribution in [0.1, 0.15) is 32.1 Å². The Morgan fingerprint density at radius 3 is 2.42 bits per heavy atom. The van der Waals surface area contributed by atoms with E-state index in [2.05, 4.69) is 0 Å². The van der Waals surface area contributed by atoms with Crippen molar-refractivity contribution in [2.45, 2.75) is 18.7 Å². The molecule has 6 heteroatoms. The fourth-order valence-electron chi connectivity index (χ4n) is 2.39. The molecular formula is C18H21NO4S.